The molecule has 3 aromatic carbocycles. The number of hydrogen-bond donors (Lipinski definition) is 1. The second kappa shape index (κ2) is 12.1. The summed E-state index contributed by atoms with van der Waals surface area (Å²) in [5, 5.41) is 3.05. The van der Waals surface area contributed by atoms with Crippen LogP contribution in [-0.2, 0) is 22.3 Å². The number of thioether (sulfide) groups is 1. The Balaban J connectivity index is 1.33. The minimum atomic E-state index is -3.14. The zero-order chi connectivity index (χ0) is 25.5. The van der Waals surface area contributed by atoms with Crippen LogP contribution in [0.15, 0.2) is 77.7 Å². The standard InChI is InChI=1S/C28H33N3O3S2/c1-3-36(33,34)31-16-14-30(15-17-31)20-23-8-7-9-25(19-23)28(32)29-27-13-12-24(18-22(27)2)21-35-26-10-5-4-6-11-26/h4-13,18-19H,3,14-17,20-21H2,1-2H3,(H,29,32). The molecule has 1 N–H and O–H groups in total. The van der Waals surface area contributed by atoms with E-state index in [4.69, 9.17) is 0 Å². The van der Waals surface area contributed by atoms with Crippen molar-refractivity contribution in [2.75, 3.05) is 37.2 Å². The molecule has 6 nitrogen and oxygen atoms in total. The molecule has 36 heavy (non-hydrogen) atoms. The molecule has 0 unspecified atom stereocenters. The maximum Gasteiger partial charge on any atom is 0.255 e. The van der Waals surface area contributed by atoms with E-state index in [1.165, 1.54) is 10.5 Å². The van der Waals surface area contributed by atoms with E-state index in [9.17, 15) is 13.2 Å². The first-order valence-electron chi connectivity index (χ1n) is 12.2. The van der Waals surface area contributed by atoms with Gasteiger partial charge >= 0.3 is 0 Å². The van der Waals surface area contributed by atoms with Crippen LogP contribution in [0, 0.1) is 6.92 Å². The van der Waals surface area contributed by atoms with Gasteiger partial charge in [-0.3, -0.25) is 9.69 Å². The zero-order valence-electron chi connectivity index (χ0n) is 20.8. The molecule has 0 aliphatic carbocycles. The van der Waals surface area contributed by atoms with E-state index in [2.05, 4.69) is 34.5 Å². The van der Waals surface area contributed by atoms with Crippen LogP contribution in [0.25, 0.3) is 0 Å². The van der Waals surface area contributed by atoms with Crippen molar-refractivity contribution in [2.24, 2.45) is 0 Å². The van der Waals surface area contributed by atoms with E-state index in [-0.39, 0.29) is 11.7 Å². The van der Waals surface area contributed by atoms with E-state index in [0.29, 0.717) is 38.3 Å². The predicted molar refractivity (Wildman–Crippen MR) is 148 cm³/mol. The van der Waals surface area contributed by atoms with E-state index >= 15 is 0 Å². The first-order chi connectivity index (χ1) is 17.3. The van der Waals surface area contributed by atoms with Crippen LogP contribution in [0.4, 0.5) is 5.69 Å². The highest BCUT2D eigenvalue weighted by molar-refractivity contribution is 7.98. The summed E-state index contributed by atoms with van der Waals surface area (Å²) < 4.78 is 25.7. The first-order valence-corrected chi connectivity index (χ1v) is 14.8. The number of carbonyl (C=O) groups excluding carboxylic acids is 1. The van der Waals surface area contributed by atoms with Gasteiger partial charge in [-0.25, -0.2) is 8.42 Å². The average Bonchev–Trinajstić information content (AvgIpc) is 2.90. The fourth-order valence-electron chi connectivity index (χ4n) is 4.25. The van der Waals surface area contributed by atoms with Gasteiger partial charge in [-0.05, 0) is 60.9 Å². The van der Waals surface area contributed by atoms with Crippen LogP contribution >= 0.6 is 11.8 Å². The Morgan fingerprint density at radius 2 is 1.67 bits per heavy atom. The van der Waals surface area contributed by atoms with Crippen LogP contribution in [0.3, 0.4) is 0 Å². The van der Waals surface area contributed by atoms with Gasteiger partial charge in [0.15, 0.2) is 0 Å². The number of anilines is 1. The van der Waals surface area contributed by atoms with Crippen LogP contribution in [-0.4, -0.2) is 55.5 Å². The minimum Gasteiger partial charge on any atom is -0.322 e. The van der Waals surface area contributed by atoms with Gasteiger partial charge in [-0.2, -0.15) is 4.31 Å². The Hall–Kier alpha value is -2.65. The fourth-order valence-corrected chi connectivity index (χ4v) is 6.20. The lowest BCUT2D eigenvalue weighted by atomic mass is 10.1. The topological polar surface area (TPSA) is 69.7 Å². The van der Waals surface area contributed by atoms with E-state index in [1.54, 1.807) is 23.0 Å². The summed E-state index contributed by atoms with van der Waals surface area (Å²) in [6.07, 6.45) is 0. The molecular weight excluding hydrogens is 490 g/mol. The van der Waals surface area contributed by atoms with E-state index < -0.39 is 10.0 Å². The van der Waals surface area contributed by atoms with Crippen LogP contribution < -0.4 is 5.32 Å². The van der Waals surface area contributed by atoms with Gasteiger partial charge < -0.3 is 5.32 Å². The molecule has 1 heterocycles. The predicted octanol–water partition coefficient (Wildman–Crippen LogP) is 5.01. The van der Waals surface area contributed by atoms with Crippen molar-refractivity contribution in [3.05, 3.63) is 95.1 Å². The maximum atomic E-state index is 13.0. The summed E-state index contributed by atoms with van der Waals surface area (Å²) in [6, 6.07) is 24.1. The molecule has 0 radical (unpaired) electrons. The summed E-state index contributed by atoms with van der Waals surface area (Å²) in [7, 11) is -3.14. The lowest BCUT2D eigenvalue weighted by molar-refractivity contribution is 0.102. The van der Waals surface area contributed by atoms with Gasteiger partial charge in [0.25, 0.3) is 5.91 Å². The number of piperazine rings is 1. The average molecular weight is 524 g/mol. The lowest BCUT2D eigenvalue weighted by Crippen LogP contribution is -2.48. The highest BCUT2D eigenvalue weighted by atomic mass is 32.2. The number of benzene rings is 3. The number of rotatable bonds is 9. The molecule has 190 valence electrons. The molecule has 1 saturated heterocycles. The number of amides is 1. The third-order valence-electron chi connectivity index (χ3n) is 6.37. The molecule has 1 aliphatic heterocycles. The number of nitrogens with zero attached hydrogens (tertiary/aromatic N) is 2. The van der Waals surface area contributed by atoms with Crippen LogP contribution in [0.2, 0.25) is 0 Å². The number of hydrogen-bond acceptors (Lipinski definition) is 5. The quantitative estimate of drug-likeness (QED) is 0.400. The molecule has 0 atom stereocenters. The molecule has 0 bridgehead atoms. The van der Waals surface area contributed by atoms with Crippen molar-refractivity contribution in [3.63, 3.8) is 0 Å². The molecule has 4 rings (SSSR count). The number of sulfonamides is 1. The molecule has 1 amide bonds. The summed E-state index contributed by atoms with van der Waals surface area (Å²) in [6.45, 7) is 6.77. The molecular formula is C28H33N3O3S2. The van der Waals surface area contributed by atoms with E-state index in [0.717, 1.165) is 22.6 Å². The third kappa shape index (κ3) is 6.97. The van der Waals surface area contributed by atoms with Crippen LogP contribution in [0.1, 0.15) is 34.0 Å². The third-order valence-corrected chi connectivity index (χ3v) is 9.34. The second-order valence-corrected chi connectivity index (χ2v) is 12.3. The number of nitrogens with one attached hydrogen (secondary N) is 1. The molecule has 1 fully saturated rings. The van der Waals surface area contributed by atoms with Crippen molar-refractivity contribution < 1.29 is 13.2 Å². The summed E-state index contributed by atoms with van der Waals surface area (Å²) >= 11 is 1.79. The Kier molecular flexibility index (Phi) is 8.85. The molecule has 3 aromatic rings. The Bertz CT molecular complexity index is 1290. The van der Waals surface area contributed by atoms with Gasteiger partial charge in [0.1, 0.15) is 0 Å². The number of carbonyl (C=O) groups is 1. The summed E-state index contributed by atoms with van der Waals surface area (Å²) in [4.78, 5) is 16.5. The van der Waals surface area contributed by atoms with Crippen molar-refractivity contribution in [3.8, 4) is 0 Å². The largest absolute Gasteiger partial charge is 0.322 e. The molecule has 1 aliphatic rings. The monoisotopic (exact) mass is 523 g/mol. The van der Waals surface area contributed by atoms with Gasteiger partial charge in [-0.15, -0.1) is 11.8 Å². The highest BCUT2D eigenvalue weighted by Crippen LogP contribution is 2.25. The molecule has 0 aromatic heterocycles. The maximum absolute atomic E-state index is 13.0. The normalized spacial score (nSPS) is 15.1. The van der Waals surface area contributed by atoms with Gasteiger partial charge in [-0.1, -0.05) is 42.5 Å². The fraction of sp³-hybridized carbons (Fsp3) is 0.321. The van der Waals surface area contributed by atoms with Gasteiger partial charge in [0.2, 0.25) is 10.0 Å². The van der Waals surface area contributed by atoms with Crippen LogP contribution in [0.5, 0.6) is 0 Å². The Morgan fingerprint density at radius 1 is 0.917 bits per heavy atom. The zero-order valence-corrected chi connectivity index (χ0v) is 22.4. The van der Waals surface area contributed by atoms with Crippen molar-refractivity contribution in [1.82, 2.24) is 9.21 Å². The van der Waals surface area contributed by atoms with Crippen molar-refractivity contribution in [2.45, 2.75) is 31.0 Å². The second-order valence-electron chi connectivity index (χ2n) is 8.98. The van der Waals surface area contributed by atoms with E-state index in [1.807, 2.05) is 55.5 Å². The van der Waals surface area contributed by atoms with Crippen molar-refractivity contribution in [1.29, 1.82) is 0 Å². The lowest BCUT2D eigenvalue weighted by Gasteiger charge is -2.33. The Labute approximate surface area is 218 Å². The molecule has 0 saturated carbocycles. The smallest absolute Gasteiger partial charge is 0.255 e. The van der Waals surface area contributed by atoms with Gasteiger partial charge in [0, 0.05) is 54.6 Å². The summed E-state index contributed by atoms with van der Waals surface area (Å²) in [5.41, 5.74) is 4.72. The van der Waals surface area contributed by atoms with Crippen molar-refractivity contribution >= 4 is 33.4 Å². The highest BCUT2D eigenvalue weighted by Gasteiger charge is 2.25. The first kappa shape index (κ1) is 26.4. The Morgan fingerprint density at radius 3 is 2.36 bits per heavy atom. The number of aryl methyl sites for hydroxylation is 1. The minimum absolute atomic E-state index is 0.134. The SMILES string of the molecule is CCS(=O)(=O)N1CCN(Cc2cccc(C(=O)Nc3ccc(CSc4ccccc4)cc3C)c2)CC1. The van der Waals surface area contributed by atoms with Gasteiger partial charge in [0.05, 0.1) is 5.75 Å². The molecule has 8 heteroatoms. The molecule has 0 spiro atoms. The summed E-state index contributed by atoms with van der Waals surface area (Å²) in [5.74, 6) is 0.879.